The van der Waals surface area contributed by atoms with Crippen molar-refractivity contribution in [3.05, 3.63) is 34.9 Å². The van der Waals surface area contributed by atoms with Gasteiger partial charge in [-0.15, -0.1) is 0 Å². The molecule has 19 heavy (non-hydrogen) atoms. The molecule has 0 atom stereocenters. The van der Waals surface area contributed by atoms with Crippen LogP contribution in [0.1, 0.15) is 60.8 Å². The Bertz CT molecular complexity index is 378. The predicted octanol–water partition coefficient (Wildman–Crippen LogP) is 5.74. The van der Waals surface area contributed by atoms with Crippen LogP contribution in [0, 0.1) is 5.92 Å². The summed E-state index contributed by atoms with van der Waals surface area (Å²) in [4.78, 5) is 4.36. The summed E-state index contributed by atoms with van der Waals surface area (Å²) in [6.07, 6.45) is 10.2. The Morgan fingerprint density at radius 1 is 1.00 bits per heavy atom. The van der Waals surface area contributed by atoms with Gasteiger partial charge < -0.3 is 0 Å². The molecule has 0 rings (SSSR count). The maximum atomic E-state index is 4.36. The van der Waals surface area contributed by atoms with E-state index in [1.807, 2.05) is 7.05 Å². The summed E-state index contributed by atoms with van der Waals surface area (Å²) in [5.41, 5.74) is 5.22. The van der Waals surface area contributed by atoms with Crippen LogP contribution in [0.25, 0.3) is 0 Å². The van der Waals surface area contributed by atoms with Crippen molar-refractivity contribution in [3.8, 4) is 0 Å². The molecular weight excluding hydrogens is 230 g/mol. The molecule has 0 unspecified atom stereocenters. The first-order chi connectivity index (χ1) is 8.90. The first-order valence-corrected chi connectivity index (χ1v) is 7.41. The summed E-state index contributed by atoms with van der Waals surface area (Å²) in [5, 5.41) is 0. The van der Waals surface area contributed by atoms with Crippen LogP contribution in [0.15, 0.2) is 39.9 Å². The van der Waals surface area contributed by atoms with E-state index in [0.717, 1.165) is 6.42 Å². The van der Waals surface area contributed by atoms with Crippen molar-refractivity contribution < 1.29 is 0 Å². The zero-order valence-electron chi connectivity index (χ0n) is 13.9. The second-order valence-corrected chi connectivity index (χ2v) is 5.64. The highest BCUT2D eigenvalue weighted by atomic mass is 14.7. The lowest BCUT2D eigenvalue weighted by Gasteiger charge is -2.05. The highest BCUT2D eigenvalue weighted by Crippen LogP contribution is 2.13. The fourth-order valence-corrected chi connectivity index (χ4v) is 1.84. The molecule has 0 bridgehead atoms. The number of nitrogens with zero attached hydrogens (tertiary/aromatic N) is 1. The third-order valence-electron chi connectivity index (χ3n) is 3.29. The second kappa shape index (κ2) is 9.77. The smallest absolute Gasteiger partial charge is 0.0347 e. The number of unbranched alkanes of at least 4 members (excludes halogenated alkanes) is 1. The quantitative estimate of drug-likeness (QED) is 0.409. The van der Waals surface area contributed by atoms with Crippen LogP contribution in [-0.4, -0.2) is 12.8 Å². The fraction of sp³-hybridized carbons (Fsp3) is 0.611. The van der Waals surface area contributed by atoms with Crippen molar-refractivity contribution in [1.82, 2.24) is 0 Å². The molecule has 0 aliphatic carbocycles. The third kappa shape index (κ3) is 8.58. The molecule has 0 spiro atoms. The summed E-state index contributed by atoms with van der Waals surface area (Å²) >= 11 is 0. The van der Waals surface area contributed by atoms with Gasteiger partial charge in [0.2, 0.25) is 0 Å². The van der Waals surface area contributed by atoms with Crippen molar-refractivity contribution in [2.45, 2.75) is 60.8 Å². The van der Waals surface area contributed by atoms with Crippen LogP contribution in [0.4, 0.5) is 0 Å². The Kier molecular flexibility index (Phi) is 9.20. The minimum Gasteiger partial charge on any atom is -0.293 e. The average Bonchev–Trinajstić information content (AvgIpc) is 2.33. The summed E-state index contributed by atoms with van der Waals surface area (Å²) in [7, 11) is 1.88. The van der Waals surface area contributed by atoms with E-state index < -0.39 is 0 Å². The van der Waals surface area contributed by atoms with Crippen LogP contribution in [-0.2, 0) is 0 Å². The molecule has 0 heterocycles. The summed E-state index contributed by atoms with van der Waals surface area (Å²) in [6.45, 7) is 13.2. The van der Waals surface area contributed by atoms with Gasteiger partial charge in [0.25, 0.3) is 0 Å². The molecule has 0 amide bonds. The summed E-state index contributed by atoms with van der Waals surface area (Å²) in [6, 6.07) is 0. The van der Waals surface area contributed by atoms with Gasteiger partial charge in [-0.3, -0.25) is 4.99 Å². The number of hydrogen-bond donors (Lipinski definition) is 0. The third-order valence-corrected chi connectivity index (χ3v) is 3.29. The molecule has 0 radical (unpaired) electrons. The molecule has 0 aromatic heterocycles. The van der Waals surface area contributed by atoms with Gasteiger partial charge in [0.1, 0.15) is 0 Å². The van der Waals surface area contributed by atoms with Crippen LogP contribution >= 0.6 is 0 Å². The van der Waals surface area contributed by atoms with E-state index in [4.69, 9.17) is 0 Å². The molecule has 1 nitrogen and oxygen atoms in total. The lowest BCUT2D eigenvalue weighted by Crippen LogP contribution is -1.94. The molecular formula is C18H31N. The average molecular weight is 261 g/mol. The lowest BCUT2D eigenvalue weighted by molar-refractivity contribution is 0.768. The summed E-state index contributed by atoms with van der Waals surface area (Å²) in [5.74, 6) is 0.616. The van der Waals surface area contributed by atoms with Crippen molar-refractivity contribution in [1.29, 1.82) is 0 Å². The normalized spacial score (nSPS) is 15.4. The number of hydrogen-bond acceptors (Lipinski definition) is 1. The van der Waals surface area contributed by atoms with Gasteiger partial charge in [-0.1, -0.05) is 50.5 Å². The predicted molar refractivity (Wildman–Crippen MR) is 89.0 cm³/mol. The minimum absolute atomic E-state index is 0.616. The van der Waals surface area contributed by atoms with Crippen LogP contribution in [0.5, 0.6) is 0 Å². The van der Waals surface area contributed by atoms with E-state index in [0.29, 0.717) is 5.92 Å². The van der Waals surface area contributed by atoms with Gasteiger partial charge in [-0.05, 0) is 51.2 Å². The molecule has 0 aromatic carbocycles. The molecule has 0 aromatic rings. The number of rotatable bonds is 7. The minimum atomic E-state index is 0.616. The maximum Gasteiger partial charge on any atom is 0.0347 e. The fourth-order valence-electron chi connectivity index (χ4n) is 1.84. The molecule has 1 heteroatoms. The first kappa shape index (κ1) is 17.9. The highest BCUT2D eigenvalue weighted by Gasteiger charge is 1.97. The largest absolute Gasteiger partial charge is 0.293 e. The van der Waals surface area contributed by atoms with Crippen molar-refractivity contribution >= 4 is 5.71 Å². The van der Waals surface area contributed by atoms with E-state index in [1.165, 1.54) is 35.3 Å². The van der Waals surface area contributed by atoms with Gasteiger partial charge in [0, 0.05) is 12.8 Å². The van der Waals surface area contributed by atoms with E-state index in [9.17, 15) is 0 Å². The Morgan fingerprint density at radius 2 is 1.58 bits per heavy atom. The standard InChI is InChI=1S/C18H31N/c1-8-9-10-18(19-7)13-16(5)11-15(4)12-17(6)14(2)3/h11-14H,8-10H2,1-7H3/b15-11-,16-13+,17-12+,19-18-. The first-order valence-electron chi connectivity index (χ1n) is 7.41. The monoisotopic (exact) mass is 261 g/mol. The molecule has 0 aliphatic heterocycles. The van der Waals surface area contributed by atoms with Crippen LogP contribution in [0.2, 0.25) is 0 Å². The van der Waals surface area contributed by atoms with Gasteiger partial charge in [0.15, 0.2) is 0 Å². The van der Waals surface area contributed by atoms with Crippen LogP contribution < -0.4 is 0 Å². The zero-order chi connectivity index (χ0) is 14.8. The van der Waals surface area contributed by atoms with E-state index in [1.54, 1.807) is 0 Å². The zero-order valence-corrected chi connectivity index (χ0v) is 13.9. The number of aliphatic imine (C=N–C) groups is 1. The van der Waals surface area contributed by atoms with Gasteiger partial charge in [0.05, 0.1) is 0 Å². The van der Waals surface area contributed by atoms with Crippen molar-refractivity contribution in [2.75, 3.05) is 7.05 Å². The number of allylic oxidation sites excluding steroid dienone is 6. The molecule has 0 saturated carbocycles. The maximum absolute atomic E-state index is 4.36. The highest BCUT2D eigenvalue weighted by molar-refractivity contribution is 5.95. The molecule has 0 aliphatic rings. The van der Waals surface area contributed by atoms with E-state index >= 15 is 0 Å². The van der Waals surface area contributed by atoms with Gasteiger partial charge >= 0.3 is 0 Å². The van der Waals surface area contributed by atoms with Crippen molar-refractivity contribution in [3.63, 3.8) is 0 Å². The Morgan fingerprint density at radius 3 is 2.05 bits per heavy atom. The molecule has 0 fully saturated rings. The van der Waals surface area contributed by atoms with E-state index in [2.05, 4.69) is 64.8 Å². The van der Waals surface area contributed by atoms with Gasteiger partial charge in [-0.2, -0.15) is 0 Å². The summed E-state index contributed by atoms with van der Waals surface area (Å²) < 4.78 is 0. The molecule has 0 N–H and O–H groups in total. The lowest BCUT2D eigenvalue weighted by atomic mass is 10.0. The topological polar surface area (TPSA) is 12.4 Å². The van der Waals surface area contributed by atoms with Crippen LogP contribution in [0.3, 0.4) is 0 Å². The molecule has 108 valence electrons. The van der Waals surface area contributed by atoms with E-state index in [-0.39, 0.29) is 0 Å². The molecule has 0 saturated heterocycles. The Hall–Kier alpha value is -1.11. The Balaban J connectivity index is 4.82. The van der Waals surface area contributed by atoms with Gasteiger partial charge in [-0.25, -0.2) is 0 Å². The SMILES string of the molecule is CCCCC(/C=C(C)/C=C(C)\C=C(/C)C(C)C)=N/C. The Labute approximate surface area is 120 Å². The second-order valence-electron chi connectivity index (χ2n) is 5.64. The van der Waals surface area contributed by atoms with Crippen molar-refractivity contribution in [2.24, 2.45) is 10.9 Å².